The molecule has 1 aromatic heterocycles. The molecule has 0 aliphatic heterocycles. The second kappa shape index (κ2) is 6.27. The van der Waals surface area contributed by atoms with Crippen molar-refractivity contribution in [3.8, 4) is 5.88 Å². The fourth-order valence-corrected chi connectivity index (χ4v) is 1.32. The van der Waals surface area contributed by atoms with Crippen molar-refractivity contribution >= 4 is 5.82 Å². The van der Waals surface area contributed by atoms with Crippen LogP contribution >= 0.6 is 0 Å². The van der Waals surface area contributed by atoms with Gasteiger partial charge in [0, 0.05) is 19.6 Å². The highest BCUT2D eigenvalue weighted by Gasteiger charge is 2.06. The molecule has 5 nitrogen and oxygen atoms in total. The van der Waals surface area contributed by atoms with Crippen LogP contribution in [0.15, 0.2) is 12.4 Å². The molecule has 0 spiro atoms. The first kappa shape index (κ1) is 12.7. The number of ether oxygens (including phenoxy) is 1. The third kappa shape index (κ3) is 4.02. The first-order chi connectivity index (χ1) is 7.63. The number of aromatic nitrogens is 2. The average molecular weight is 224 g/mol. The van der Waals surface area contributed by atoms with Gasteiger partial charge in [0.25, 0.3) is 0 Å². The lowest BCUT2D eigenvalue weighted by Crippen LogP contribution is -2.33. The minimum absolute atomic E-state index is 0.104. The van der Waals surface area contributed by atoms with Crippen LogP contribution < -0.4 is 15.4 Å². The quantitative estimate of drug-likeness (QED) is 0.782. The predicted octanol–water partition coefficient (Wildman–Crippen LogP) is 1.05. The summed E-state index contributed by atoms with van der Waals surface area (Å²) in [5.74, 6) is 1.35. The number of anilines is 1. The van der Waals surface area contributed by atoms with Crippen LogP contribution in [0.4, 0.5) is 5.82 Å². The maximum absolute atomic E-state index is 5.73. The van der Waals surface area contributed by atoms with Crippen LogP contribution in [0.1, 0.15) is 20.3 Å². The Hall–Kier alpha value is -1.36. The molecule has 0 saturated carbocycles. The van der Waals surface area contributed by atoms with Gasteiger partial charge in [-0.15, -0.1) is 0 Å². The van der Waals surface area contributed by atoms with E-state index in [9.17, 15) is 0 Å². The van der Waals surface area contributed by atoms with E-state index in [-0.39, 0.29) is 6.04 Å². The molecule has 16 heavy (non-hydrogen) atoms. The summed E-state index contributed by atoms with van der Waals surface area (Å²) in [6, 6.07) is 0.104. The lowest BCUT2D eigenvalue weighted by Gasteiger charge is -2.20. The van der Waals surface area contributed by atoms with Gasteiger partial charge in [-0.3, -0.25) is 4.98 Å². The maximum Gasteiger partial charge on any atom is 0.234 e. The average Bonchev–Trinajstić information content (AvgIpc) is 2.26. The van der Waals surface area contributed by atoms with Crippen molar-refractivity contribution in [2.45, 2.75) is 26.3 Å². The molecule has 0 saturated heterocycles. The van der Waals surface area contributed by atoms with Gasteiger partial charge in [-0.25, -0.2) is 0 Å². The minimum atomic E-state index is 0.104. The molecule has 2 N–H and O–H groups in total. The van der Waals surface area contributed by atoms with E-state index in [2.05, 4.69) is 16.9 Å². The van der Waals surface area contributed by atoms with Crippen molar-refractivity contribution in [1.29, 1.82) is 0 Å². The van der Waals surface area contributed by atoms with Crippen LogP contribution in [0.2, 0.25) is 0 Å². The van der Waals surface area contributed by atoms with Crippen molar-refractivity contribution in [1.82, 2.24) is 9.97 Å². The molecule has 0 aromatic carbocycles. The van der Waals surface area contributed by atoms with Gasteiger partial charge < -0.3 is 15.4 Å². The number of hydrogen-bond acceptors (Lipinski definition) is 5. The molecular formula is C11H20N4O. The minimum Gasteiger partial charge on any atom is -0.477 e. The zero-order valence-corrected chi connectivity index (χ0v) is 10.2. The molecule has 0 fully saturated rings. The smallest absolute Gasteiger partial charge is 0.234 e. The zero-order valence-electron chi connectivity index (χ0n) is 10.2. The largest absolute Gasteiger partial charge is 0.477 e. The normalized spacial score (nSPS) is 12.2. The topological polar surface area (TPSA) is 64.3 Å². The van der Waals surface area contributed by atoms with Gasteiger partial charge >= 0.3 is 0 Å². The van der Waals surface area contributed by atoms with E-state index >= 15 is 0 Å². The van der Waals surface area contributed by atoms with Gasteiger partial charge in [0.1, 0.15) is 0 Å². The number of rotatable bonds is 6. The molecule has 0 amide bonds. The lowest BCUT2D eigenvalue weighted by atomic mass is 10.3. The monoisotopic (exact) mass is 224 g/mol. The van der Waals surface area contributed by atoms with Gasteiger partial charge in [-0.2, -0.15) is 4.98 Å². The molecule has 0 aliphatic carbocycles. The Bertz CT molecular complexity index is 317. The maximum atomic E-state index is 5.73. The Morgan fingerprint density at radius 3 is 2.88 bits per heavy atom. The molecule has 1 unspecified atom stereocenters. The van der Waals surface area contributed by atoms with Crippen LogP contribution in [0.25, 0.3) is 0 Å². The van der Waals surface area contributed by atoms with Gasteiger partial charge in [0.2, 0.25) is 5.88 Å². The third-order valence-electron chi connectivity index (χ3n) is 2.01. The molecule has 1 atom stereocenters. The Kier molecular flexibility index (Phi) is 4.98. The SMILES string of the molecule is CCCOc1cncc(N(C)CC(C)N)n1. The van der Waals surface area contributed by atoms with Crippen LogP contribution in [0, 0.1) is 0 Å². The molecule has 0 aliphatic rings. The van der Waals surface area contributed by atoms with Gasteiger partial charge in [0.15, 0.2) is 5.82 Å². The van der Waals surface area contributed by atoms with Crippen molar-refractivity contribution < 1.29 is 4.74 Å². The van der Waals surface area contributed by atoms with Crippen LogP contribution in [-0.2, 0) is 0 Å². The lowest BCUT2D eigenvalue weighted by molar-refractivity contribution is 0.304. The highest BCUT2D eigenvalue weighted by atomic mass is 16.5. The molecular weight excluding hydrogens is 204 g/mol. The van der Waals surface area contributed by atoms with Crippen molar-refractivity contribution in [3.63, 3.8) is 0 Å². The third-order valence-corrected chi connectivity index (χ3v) is 2.01. The first-order valence-electron chi connectivity index (χ1n) is 5.55. The van der Waals surface area contributed by atoms with Gasteiger partial charge in [-0.05, 0) is 13.3 Å². The van der Waals surface area contributed by atoms with Crippen LogP contribution in [0.3, 0.4) is 0 Å². The van der Waals surface area contributed by atoms with E-state index in [1.807, 2.05) is 18.9 Å². The standard InChI is InChI=1S/C11H20N4O/c1-4-5-16-11-7-13-6-10(14-11)15(3)8-9(2)12/h6-7,9H,4-5,8,12H2,1-3H3. The summed E-state index contributed by atoms with van der Waals surface area (Å²) < 4.78 is 5.42. The molecule has 1 heterocycles. The Balaban J connectivity index is 2.65. The Morgan fingerprint density at radius 2 is 2.25 bits per heavy atom. The van der Waals surface area contributed by atoms with E-state index < -0.39 is 0 Å². The van der Waals surface area contributed by atoms with Crippen LogP contribution in [0.5, 0.6) is 5.88 Å². The Morgan fingerprint density at radius 1 is 1.50 bits per heavy atom. The highest BCUT2D eigenvalue weighted by molar-refractivity contribution is 5.36. The van der Waals surface area contributed by atoms with Gasteiger partial charge in [-0.1, -0.05) is 6.92 Å². The molecule has 0 bridgehead atoms. The first-order valence-corrected chi connectivity index (χ1v) is 5.55. The summed E-state index contributed by atoms with van der Waals surface area (Å²) in [6.45, 7) is 5.42. The molecule has 5 heteroatoms. The summed E-state index contributed by atoms with van der Waals surface area (Å²) >= 11 is 0. The molecule has 0 radical (unpaired) electrons. The van der Waals surface area contributed by atoms with E-state index in [0.29, 0.717) is 12.5 Å². The van der Waals surface area contributed by atoms with Gasteiger partial charge in [0.05, 0.1) is 19.0 Å². The second-order valence-electron chi connectivity index (χ2n) is 3.92. The summed E-state index contributed by atoms with van der Waals surface area (Å²) in [4.78, 5) is 10.4. The van der Waals surface area contributed by atoms with Crippen molar-refractivity contribution in [2.75, 3.05) is 25.1 Å². The fraction of sp³-hybridized carbons (Fsp3) is 0.636. The van der Waals surface area contributed by atoms with E-state index in [0.717, 1.165) is 18.8 Å². The van der Waals surface area contributed by atoms with Crippen molar-refractivity contribution in [3.05, 3.63) is 12.4 Å². The Labute approximate surface area is 96.6 Å². The number of nitrogens with zero attached hydrogens (tertiary/aromatic N) is 3. The number of hydrogen-bond donors (Lipinski definition) is 1. The summed E-state index contributed by atoms with van der Waals surface area (Å²) in [7, 11) is 1.94. The predicted molar refractivity (Wildman–Crippen MR) is 64.7 cm³/mol. The van der Waals surface area contributed by atoms with Crippen molar-refractivity contribution in [2.24, 2.45) is 5.73 Å². The van der Waals surface area contributed by atoms with Crippen LogP contribution in [-0.4, -0.2) is 36.2 Å². The summed E-state index contributed by atoms with van der Waals surface area (Å²) in [5, 5.41) is 0. The fourth-order valence-electron chi connectivity index (χ4n) is 1.32. The number of likely N-dealkylation sites (N-methyl/N-ethyl adjacent to an activating group) is 1. The molecule has 90 valence electrons. The number of nitrogens with two attached hydrogens (primary N) is 1. The highest BCUT2D eigenvalue weighted by Crippen LogP contribution is 2.12. The van der Waals surface area contributed by atoms with E-state index in [1.165, 1.54) is 0 Å². The van der Waals surface area contributed by atoms with E-state index in [1.54, 1.807) is 12.4 Å². The summed E-state index contributed by atoms with van der Waals surface area (Å²) in [6.07, 6.45) is 4.29. The molecule has 1 aromatic rings. The summed E-state index contributed by atoms with van der Waals surface area (Å²) in [5.41, 5.74) is 5.73. The molecule has 1 rings (SSSR count). The zero-order chi connectivity index (χ0) is 12.0. The van der Waals surface area contributed by atoms with E-state index in [4.69, 9.17) is 10.5 Å². The second-order valence-corrected chi connectivity index (χ2v) is 3.92.